The molecule has 3 fully saturated rings. The normalized spacial score (nSPS) is 32.1. The number of allylic oxidation sites excluding steroid dienone is 2. The number of aromatic hydroxyl groups is 1. The number of imide groups is 2. The largest absolute Gasteiger partial charge is 0.507 e. The fourth-order valence-electron chi connectivity index (χ4n) is 7.33. The molecule has 196 valence electrons. The summed E-state index contributed by atoms with van der Waals surface area (Å²) in [6.45, 7) is 5.32. The van der Waals surface area contributed by atoms with Crippen LogP contribution in [0.1, 0.15) is 42.4 Å². The van der Waals surface area contributed by atoms with Crippen LogP contribution in [0.25, 0.3) is 0 Å². The standard InChI is InChI=1S/C29H26ClFN2O5/c1-12-8-14(9-13(2)24(12)34)23-16-5-6-17-22(26(36)32-25(17)35)18(16)11-19-27(37)33(28(38)29(19,23)3)15-4-7-21(31)20(30)10-15/h4-5,7-10,17-19,22-23,34H,6,11H2,1-3H3,(H,32,35,36). The molecule has 2 aliphatic carbocycles. The van der Waals surface area contributed by atoms with Gasteiger partial charge in [0.15, 0.2) is 0 Å². The van der Waals surface area contributed by atoms with Gasteiger partial charge in [0, 0.05) is 5.92 Å². The molecule has 2 saturated heterocycles. The number of carbonyl (C=O) groups excluding carboxylic acids is 4. The monoisotopic (exact) mass is 536 g/mol. The van der Waals surface area contributed by atoms with E-state index in [2.05, 4.69) is 5.32 Å². The van der Waals surface area contributed by atoms with Gasteiger partial charge in [-0.3, -0.25) is 24.5 Å². The van der Waals surface area contributed by atoms with Gasteiger partial charge in [-0.1, -0.05) is 35.4 Å². The first-order chi connectivity index (χ1) is 17.9. The molecule has 0 aromatic heterocycles. The summed E-state index contributed by atoms with van der Waals surface area (Å²) in [5, 5.41) is 12.7. The van der Waals surface area contributed by atoms with Gasteiger partial charge in [0.1, 0.15) is 11.6 Å². The first-order valence-corrected chi connectivity index (χ1v) is 13.0. The summed E-state index contributed by atoms with van der Waals surface area (Å²) in [5.41, 5.74) is 1.84. The summed E-state index contributed by atoms with van der Waals surface area (Å²) >= 11 is 6.01. The zero-order chi connectivity index (χ0) is 27.3. The molecule has 38 heavy (non-hydrogen) atoms. The number of phenols is 1. The van der Waals surface area contributed by atoms with E-state index in [1.165, 1.54) is 12.1 Å². The molecule has 2 aliphatic heterocycles. The Balaban J connectivity index is 1.56. The Morgan fingerprint density at radius 3 is 2.39 bits per heavy atom. The van der Waals surface area contributed by atoms with E-state index in [9.17, 15) is 28.7 Å². The van der Waals surface area contributed by atoms with Crippen LogP contribution in [-0.4, -0.2) is 28.7 Å². The highest BCUT2D eigenvalue weighted by Crippen LogP contribution is 2.63. The van der Waals surface area contributed by atoms with Crippen molar-refractivity contribution in [2.75, 3.05) is 4.90 Å². The maximum atomic E-state index is 14.3. The van der Waals surface area contributed by atoms with Crippen LogP contribution in [0, 0.1) is 48.8 Å². The van der Waals surface area contributed by atoms with Crippen LogP contribution < -0.4 is 10.2 Å². The van der Waals surface area contributed by atoms with Crippen LogP contribution in [0.15, 0.2) is 42.0 Å². The number of carbonyl (C=O) groups is 4. The molecule has 9 heteroatoms. The highest BCUT2D eigenvalue weighted by molar-refractivity contribution is 6.31. The smallest absolute Gasteiger partial charge is 0.241 e. The van der Waals surface area contributed by atoms with E-state index in [1.807, 2.05) is 18.2 Å². The summed E-state index contributed by atoms with van der Waals surface area (Å²) in [6, 6.07) is 7.38. The minimum Gasteiger partial charge on any atom is -0.507 e. The van der Waals surface area contributed by atoms with Gasteiger partial charge in [0.25, 0.3) is 0 Å². The second-order valence-electron chi connectivity index (χ2n) is 11.1. The van der Waals surface area contributed by atoms with E-state index in [0.29, 0.717) is 17.5 Å². The molecule has 2 aromatic rings. The molecular formula is C29H26ClFN2O5. The summed E-state index contributed by atoms with van der Waals surface area (Å²) < 4.78 is 13.9. The van der Waals surface area contributed by atoms with Gasteiger partial charge in [-0.25, -0.2) is 9.29 Å². The number of halogens is 2. The molecule has 1 saturated carbocycles. The van der Waals surface area contributed by atoms with Crippen LogP contribution in [0.5, 0.6) is 5.75 Å². The third-order valence-corrected chi connectivity index (χ3v) is 9.42. The van der Waals surface area contributed by atoms with Crippen molar-refractivity contribution in [2.45, 2.75) is 39.5 Å². The van der Waals surface area contributed by atoms with Crippen molar-refractivity contribution in [3.8, 4) is 5.75 Å². The van der Waals surface area contributed by atoms with E-state index >= 15 is 0 Å². The number of aryl methyl sites for hydroxylation is 2. The summed E-state index contributed by atoms with van der Waals surface area (Å²) in [4.78, 5) is 54.8. The number of hydrogen-bond acceptors (Lipinski definition) is 5. The number of benzene rings is 2. The number of amides is 4. The zero-order valence-electron chi connectivity index (χ0n) is 21.0. The number of nitrogens with one attached hydrogen (secondary N) is 1. The Hall–Kier alpha value is -3.52. The molecule has 2 aromatic carbocycles. The third kappa shape index (κ3) is 3.19. The van der Waals surface area contributed by atoms with Crippen LogP contribution in [0.3, 0.4) is 0 Å². The number of hydrogen-bond donors (Lipinski definition) is 2. The van der Waals surface area contributed by atoms with Crippen molar-refractivity contribution in [1.29, 1.82) is 0 Å². The fraction of sp³-hybridized carbons (Fsp3) is 0.379. The molecule has 4 amide bonds. The predicted octanol–water partition coefficient (Wildman–Crippen LogP) is 4.32. The van der Waals surface area contributed by atoms with E-state index in [1.54, 1.807) is 20.8 Å². The molecule has 2 heterocycles. The summed E-state index contributed by atoms with van der Waals surface area (Å²) in [5.74, 6) is -4.96. The van der Waals surface area contributed by atoms with Crippen LogP contribution >= 0.6 is 11.6 Å². The SMILES string of the molecule is Cc1cc(C2C3=CCC4C(=O)NC(=O)C4C3CC3C(=O)N(c4ccc(F)c(Cl)c4)C(=O)C32C)cc(C)c1O. The quantitative estimate of drug-likeness (QED) is 0.439. The Morgan fingerprint density at radius 1 is 1.05 bits per heavy atom. The lowest BCUT2D eigenvalue weighted by molar-refractivity contribution is -0.131. The second-order valence-corrected chi connectivity index (χ2v) is 11.5. The van der Waals surface area contributed by atoms with Gasteiger partial charge in [0.2, 0.25) is 23.6 Å². The average molecular weight is 537 g/mol. The highest BCUT2D eigenvalue weighted by atomic mass is 35.5. The van der Waals surface area contributed by atoms with Crippen molar-refractivity contribution < 1.29 is 28.7 Å². The number of fused-ring (bicyclic) bond motifs is 4. The van der Waals surface area contributed by atoms with Gasteiger partial charge in [0.05, 0.1) is 33.9 Å². The Kier molecular flexibility index (Phi) is 5.38. The van der Waals surface area contributed by atoms with Crippen molar-refractivity contribution in [2.24, 2.45) is 29.1 Å². The summed E-state index contributed by atoms with van der Waals surface area (Å²) in [6.07, 6.45) is 2.55. The molecule has 0 bridgehead atoms. The van der Waals surface area contributed by atoms with Crippen molar-refractivity contribution in [1.82, 2.24) is 5.32 Å². The Bertz CT molecular complexity index is 1480. The lowest BCUT2D eigenvalue weighted by atomic mass is 9.51. The number of nitrogens with zero attached hydrogens (tertiary/aromatic N) is 1. The topological polar surface area (TPSA) is 104 Å². The molecule has 6 rings (SSSR count). The second kappa shape index (κ2) is 8.24. The fourth-order valence-corrected chi connectivity index (χ4v) is 7.51. The van der Waals surface area contributed by atoms with E-state index in [4.69, 9.17) is 11.6 Å². The predicted molar refractivity (Wildman–Crippen MR) is 137 cm³/mol. The number of phenolic OH excluding ortho intramolecular Hbond substituents is 1. The lowest BCUT2D eigenvalue weighted by Crippen LogP contribution is -2.48. The number of anilines is 1. The first kappa shape index (κ1) is 24.8. The van der Waals surface area contributed by atoms with Gasteiger partial charge in [-0.05, 0) is 74.4 Å². The average Bonchev–Trinajstić information content (AvgIpc) is 3.26. The molecule has 7 nitrogen and oxygen atoms in total. The Labute approximate surface area is 223 Å². The maximum absolute atomic E-state index is 14.3. The van der Waals surface area contributed by atoms with Gasteiger partial charge in [-0.2, -0.15) is 0 Å². The minimum atomic E-state index is -1.22. The highest BCUT2D eigenvalue weighted by Gasteiger charge is 2.67. The van der Waals surface area contributed by atoms with Crippen LogP contribution in [-0.2, 0) is 19.2 Å². The van der Waals surface area contributed by atoms with Crippen molar-refractivity contribution in [3.63, 3.8) is 0 Å². The van der Waals surface area contributed by atoms with Gasteiger partial charge < -0.3 is 5.11 Å². The maximum Gasteiger partial charge on any atom is 0.241 e. The molecule has 6 atom stereocenters. The van der Waals surface area contributed by atoms with Gasteiger partial charge >= 0.3 is 0 Å². The van der Waals surface area contributed by atoms with Crippen molar-refractivity contribution in [3.05, 3.63) is 69.5 Å². The minimum absolute atomic E-state index is 0.151. The van der Waals surface area contributed by atoms with Gasteiger partial charge in [-0.15, -0.1) is 0 Å². The molecule has 2 N–H and O–H groups in total. The molecule has 4 aliphatic rings. The van der Waals surface area contributed by atoms with Crippen LogP contribution in [0.4, 0.5) is 10.1 Å². The first-order valence-electron chi connectivity index (χ1n) is 12.6. The molecule has 0 radical (unpaired) electrons. The summed E-state index contributed by atoms with van der Waals surface area (Å²) in [7, 11) is 0. The molecular weight excluding hydrogens is 511 g/mol. The Morgan fingerprint density at radius 2 is 1.74 bits per heavy atom. The molecule has 0 spiro atoms. The van der Waals surface area contributed by atoms with E-state index < -0.39 is 52.6 Å². The van der Waals surface area contributed by atoms with E-state index in [-0.39, 0.29) is 34.7 Å². The van der Waals surface area contributed by atoms with Crippen molar-refractivity contribution >= 4 is 40.9 Å². The van der Waals surface area contributed by atoms with Crippen LogP contribution in [0.2, 0.25) is 5.02 Å². The number of rotatable bonds is 2. The zero-order valence-corrected chi connectivity index (χ0v) is 21.8. The third-order valence-electron chi connectivity index (χ3n) is 9.13. The van der Waals surface area contributed by atoms with E-state index in [0.717, 1.165) is 22.1 Å². The lowest BCUT2D eigenvalue weighted by Gasteiger charge is -2.49. The molecule has 6 unspecified atom stereocenters.